The normalized spacial score (nSPS) is 16.7. The quantitative estimate of drug-likeness (QED) is 0.349. The summed E-state index contributed by atoms with van der Waals surface area (Å²) in [6.45, 7) is 6.03. The van der Waals surface area contributed by atoms with Crippen molar-refractivity contribution in [2.24, 2.45) is 5.92 Å². The Morgan fingerprint density at radius 1 is 1.09 bits per heavy atom. The molecular formula is C28H26N2O3. The maximum Gasteiger partial charge on any atom is 0.339 e. The Bertz CT molecular complexity index is 1350. The highest BCUT2D eigenvalue weighted by Gasteiger charge is 2.29. The molecule has 1 aliphatic carbocycles. The standard InChI is InChI=1S/C28H26N2O3/c1-17-13-21(15-20-9-5-4-6-10-20)27-23(14-17)26(22-11-7-8-12-25(22)29-27)28(31)32-16-24-18(2)30-33-19(24)3/h4-12,15,17H,13-14,16H2,1-3H3. The molecule has 0 aliphatic heterocycles. The number of rotatable bonds is 4. The fourth-order valence-electron chi connectivity index (χ4n) is 4.64. The Hall–Kier alpha value is -3.73. The zero-order valence-electron chi connectivity index (χ0n) is 19.1. The van der Waals surface area contributed by atoms with Crippen LogP contribution in [0.4, 0.5) is 0 Å². The smallest absolute Gasteiger partial charge is 0.339 e. The summed E-state index contributed by atoms with van der Waals surface area (Å²) in [5, 5.41) is 4.79. The predicted octanol–water partition coefficient (Wildman–Crippen LogP) is 6.32. The van der Waals surface area contributed by atoms with Gasteiger partial charge in [0.05, 0.1) is 28.0 Å². The first kappa shape index (κ1) is 21.1. The number of fused-ring (bicyclic) bond motifs is 2. The van der Waals surface area contributed by atoms with Gasteiger partial charge in [0, 0.05) is 5.39 Å². The van der Waals surface area contributed by atoms with Gasteiger partial charge < -0.3 is 9.26 Å². The summed E-state index contributed by atoms with van der Waals surface area (Å²) in [6.07, 6.45) is 3.89. The second-order valence-electron chi connectivity index (χ2n) is 8.80. The van der Waals surface area contributed by atoms with Crippen molar-refractivity contribution >= 4 is 28.5 Å². The Labute approximate surface area is 193 Å². The van der Waals surface area contributed by atoms with Crippen LogP contribution in [-0.4, -0.2) is 16.1 Å². The highest BCUT2D eigenvalue weighted by atomic mass is 16.5. The van der Waals surface area contributed by atoms with Gasteiger partial charge in [0.1, 0.15) is 12.4 Å². The van der Waals surface area contributed by atoms with Crippen LogP contribution in [0, 0.1) is 19.8 Å². The van der Waals surface area contributed by atoms with Crippen molar-refractivity contribution in [1.29, 1.82) is 0 Å². The average Bonchev–Trinajstić information content (AvgIpc) is 3.14. The molecule has 0 N–H and O–H groups in total. The molecule has 5 rings (SSSR count). The van der Waals surface area contributed by atoms with E-state index in [0.29, 0.717) is 17.2 Å². The maximum atomic E-state index is 13.5. The molecule has 0 fully saturated rings. The SMILES string of the molecule is Cc1noc(C)c1COC(=O)c1c2c(nc3ccccc13)C(=Cc1ccccc1)CC(C)C2. The monoisotopic (exact) mass is 438 g/mol. The van der Waals surface area contributed by atoms with Gasteiger partial charge in [-0.3, -0.25) is 0 Å². The van der Waals surface area contributed by atoms with Crippen molar-refractivity contribution in [2.75, 3.05) is 0 Å². The number of carbonyl (C=O) groups excluding carboxylic acids is 1. The highest BCUT2D eigenvalue weighted by Crippen LogP contribution is 2.38. The van der Waals surface area contributed by atoms with Gasteiger partial charge in [-0.15, -0.1) is 0 Å². The van der Waals surface area contributed by atoms with Crippen LogP contribution in [0.1, 0.15) is 57.5 Å². The van der Waals surface area contributed by atoms with Crippen LogP contribution in [-0.2, 0) is 17.8 Å². The predicted molar refractivity (Wildman–Crippen MR) is 129 cm³/mol. The fraction of sp³-hybridized carbons (Fsp3) is 0.250. The summed E-state index contributed by atoms with van der Waals surface area (Å²) in [5.74, 6) is 0.728. The first-order chi connectivity index (χ1) is 16.0. The Kier molecular flexibility index (Phi) is 5.55. The largest absolute Gasteiger partial charge is 0.457 e. The average molecular weight is 439 g/mol. The molecule has 4 aromatic rings. The van der Waals surface area contributed by atoms with Crippen LogP contribution in [0.3, 0.4) is 0 Å². The number of aromatic nitrogens is 2. The topological polar surface area (TPSA) is 65.2 Å². The van der Waals surface area contributed by atoms with Crippen LogP contribution in [0.25, 0.3) is 22.6 Å². The molecule has 0 saturated carbocycles. The second kappa shape index (κ2) is 8.66. The summed E-state index contributed by atoms with van der Waals surface area (Å²) in [4.78, 5) is 18.5. The van der Waals surface area contributed by atoms with E-state index in [1.165, 1.54) is 0 Å². The van der Waals surface area contributed by atoms with E-state index in [0.717, 1.165) is 57.4 Å². The van der Waals surface area contributed by atoms with Gasteiger partial charge in [-0.2, -0.15) is 0 Å². The summed E-state index contributed by atoms with van der Waals surface area (Å²) in [7, 11) is 0. The summed E-state index contributed by atoms with van der Waals surface area (Å²) < 4.78 is 11.0. The molecule has 33 heavy (non-hydrogen) atoms. The number of aryl methyl sites for hydroxylation is 2. The van der Waals surface area contributed by atoms with Gasteiger partial charge in [0.25, 0.3) is 0 Å². The molecule has 0 bridgehead atoms. The minimum absolute atomic E-state index is 0.133. The maximum absolute atomic E-state index is 13.5. The lowest BCUT2D eigenvalue weighted by Crippen LogP contribution is -2.19. The lowest BCUT2D eigenvalue weighted by Gasteiger charge is -2.26. The van der Waals surface area contributed by atoms with E-state index in [2.05, 4.69) is 30.3 Å². The van der Waals surface area contributed by atoms with E-state index in [-0.39, 0.29) is 12.6 Å². The first-order valence-corrected chi connectivity index (χ1v) is 11.3. The van der Waals surface area contributed by atoms with E-state index in [9.17, 15) is 4.79 Å². The molecule has 5 nitrogen and oxygen atoms in total. The van der Waals surface area contributed by atoms with E-state index in [4.69, 9.17) is 14.2 Å². The second-order valence-corrected chi connectivity index (χ2v) is 8.80. The summed E-state index contributed by atoms with van der Waals surface area (Å²) in [6, 6.07) is 18.1. The number of esters is 1. The minimum Gasteiger partial charge on any atom is -0.457 e. The van der Waals surface area contributed by atoms with Gasteiger partial charge in [-0.05, 0) is 61.4 Å². The van der Waals surface area contributed by atoms with Crippen molar-refractivity contribution in [2.45, 2.75) is 40.2 Å². The van der Waals surface area contributed by atoms with Crippen LogP contribution in [0.2, 0.25) is 0 Å². The van der Waals surface area contributed by atoms with Gasteiger partial charge in [0.2, 0.25) is 0 Å². The molecule has 0 radical (unpaired) electrons. The molecule has 2 aromatic carbocycles. The number of benzene rings is 2. The first-order valence-electron chi connectivity index (χ1n) is 11.3. The Morgan fingerprint density at radius 3 is 2.61 bits per heavy atom. The fourth-order valence-corrected chi connectivity index (χ4v) is 4.64. The van der Waals surface area contributed by atoms with Crippen LogP contribution < -0.4 is 0 Å². The third-order valence-electron chi connectivity index (χ3n) is 6.29. The van der Waals surface area contributed by atoms with Gasteiger partial charge >= 0.3 is 5.97 Å². The molecule has 1 atom stereocenters. The zero-order chi connectivity index (χ0) is 22.9. The van der Waals surface area contributed by atoms with E-state index in [1.807, 2.05) is 56.3 Å². The molecule has 0 amide bonds. The molecule has 0 saturated heterocycles. The number of para-hydroxylation sites is 1. The van der Waals surface area contributed by atoms with E-state index in [1.54, 1.807) is 0 Å². The highest BCUT2D eigenvalue weighted by molar-refractivity contribution is 6.06. The molecule has 1 unspecified atom stereocenters. The lowest BCUT2D eigenvalue weighted by molar-refractivity contribution is 0.0471. The van der Waals surface area contributed by atoms with Crippen molar-refractivity contribution in [3.05, 3.63) is 94.0 Å². The number of pyridine rings is 1. The number of ether oxygens (including phenoxy) is 1. The number of hydrogen-bond acceptors (Lipinski definition) is 5. The number of allylic oxidation sites excluding steroid dienone is 1. The molecule has 1 aliphatic rings. The zero-order valence-corrected chi connectivity index (χ0v) is 19.1. The van der Waals surface area contributed by atoms with Crippen molar-refractivity contribution < 1.29 is 14.1 Å². The van der Waals surface area contributed by atoms with Crippen LogP contribution in [0.15, 0.2) is 59.1 Å². The van der Waals surface area contributed by atoms with Gasteiger partial charge in [-0.1, -0.05) is 60.6 Å². The number of hydrogen-bond donors (Lipinski definition) is 0. The van der Waals surface area contributed by atoms with Crippen molar-refractivity contribution in [3.63, 3.8) is 0 Å². The lowest BCUT2D eigenvalue weighted by atomic mass is 9.80. The Balaban J connectivity index is 1.62. The minimum atomic E-state index is -0.335. The number of carbonyl (C=O) groups is 1. The molecule has 0 spiro atoms. The third kappa shape index (κ3) is 4.07. The van der Waals surface area contributed by atoms with Crippen molar-refractivity contribution in [3.8, 4) is 0 Å². The Morgan fingerprint density at radius 2 is 1.85 bits per heavy atom. The van der Waals surface area contributed by atoms with Crippen LogP contribution >= 0.6 is 0 Å². The molecule has 166 valence electrons. The van der Waals surface area contributed by atoms with Crippen molar-refractivity contribution in [1.82, 2.24) is 10.1 Å². The third-order valence-corrected chi connectivity index (χ3v) is 6.29. The summed E-state index contributed by atoms with van der Waals surface area (Å²) in [5.41, 5.74) is 7.13. The number of nitrogens with zero attached hydrogens (tertiary/aromatic N) is 2. The van der Waals surface area contributed by atoms with Crippen LogP contribution in [0.5, 0.6) is 0 Å². The van der Waals surface area contributed by atoms with E-state index >= 15 is 0 Å². The van der Waals surface area contributed by atoms with Gasteiger partial charge in [-0.25, -0.2) is 9.78 Å². The molecule has 2 heterocycles. The van der Waals surface area contributed by atoms with E-state index < -0.39 is 0 Å². The molecular weight excluding hydrogens is 412 g/mol. The summed E-state index contributed by atoms with van der Waals surface area (Å²) >= 11 is 0. The molecule has 5 heteroatoms. The molecule has 2 aromatic heterocycles. The van der Waals surface area contributed by atoms with Gasteiger partial charge in [0.15, 0.2) is 0 Å².